The number of carbonyl (C=O) groups excluding carboxylic acids is 2. The van der Waals surface area contributed by atoms with Crippen LogP contribution in [0.1, 0.15) is 51.7 Å². The van der Waals surface area contributed by atoms with Crippen molar-refractivity contribution < 1.29 is 14.3 Å². The van der Waals surface area contributed by atoms with Crippen molar-refractivity contribution in [2.45, 2.75) is 53.1 Å². The van der Waals surface area contributed by atoms with Gasteiger partial charge in [0.1, 0.15) is 11.8 Å². The lowest BCUT2D eigenvalue weighted by Crippen LogP contribution is -2.49. The Morgan fingerprint density at radius 2 is 1.78 bits per heavy atom. The summed E-state index contributed by atoms with van der Waals surface area (Å²) >= 11 is 9.84. The average Bonchev–Trinajstić information content (AvgIpc) is 2.75. The van der Waals surface area contributed by atoms with Gasteiger partial charge in [0.25, 0.3) is 5.91 Å². The molecule has 0 fully saturated rings. The van der Waals surface area contributed by atoms with E-state index in [9.17, 15) is 9.59 Å². The minimum absolute atomic E-state index is 0.189. The monoisotopic (exact) mass is 522 g/mol. The van der Waals surface area contributed by atoms with E-state index < -0.39 is 6.04 Å². The molecule has 1 atom stereocenters. The van der Waals surface area contributed by atoms with Gasteiger partial charge in [-0.25, -0.2) is 0 Å². The third-order valence-corrected chi connectivity index (χ3v) is 6.11. The Morgan fingerprint density at radius 1 is 1.09 bits per heavy atom. The van der Waals surface area contributed by atoms with E-state index in [0.29, 0.717) is 29.2 Å². The van der Waals surface area contributed by atoms with Crippen LogP contribution in [-0.2, 0) is 16.1 Å². The highest BCUT2D eigenvalue weighted by Gasteiger charge is 2.27. The Balaban J connectivity index is 2.17. The molecule has 5 nitrogen and oxygen atoms in total. The van der Waals surface area contributed by atoms with Crippen LogP contribution in [0.25, 0.3) is 0 Å². The van der Waals surface area contributed by atoms with Crippen LogP contribution in [0.4, 0.5) is 0 Å². The molecule has 0 spiro atoms. The Morgan fingerprint density at radius 3 is 2.38 bits per heavy atom. The molecule has 0 aromatic heterocycles. The lowest BCUT2D eigenvalue weighted by atomic mass is 10.0. The fraction of sp³-hybridized carbons (Fsp3) is 0.440. The zero-order chi connectivity index (χ0) is 23.8. The summed E-state index contributed by atoms with van der Waals surface area (Å²) in [5.41, 5.74) is 1.94. The molecule has 0 radical (unpaired) electrons. The molecule has 0 aliphatic heterocycles. The molecule has 0 unspecified atom stereocenters. The molecule has 0 heterocycles. The second-order valence-electron chi connectivity index (χ2n) is 8.56. The molecule has 7 heteroatoms. The van der Waals surface area contributed by atoms with Crippen molar-refractivity contribution in [2.24, 2.45) is 5.92 Å². The van der Waals surface area contributed by atoms with Crippen molar-refractivity contribution in [1.29, 1.82) is 0 Å². The standard InChI is InChI=1S/C25H32BrClN2O3/c1-16(2)13-28-25(31)18(5)29(14-20-8-6-7-9-22(20)27)24(30)15-32-23-11-10-19(17(3)4)12-21(23)26/h6-12,16-18H,13-15H2,1-5H3,(H,28,31)/t18-/m0/s1. The molecule has 0 saturated carbocycles. The van der Waals surface area contributed by atoms with E-state index in [2.05, 4.69) is 35.1 Å². The maximum absolute atomic E-state index is 13.2. The number of ether oxygens (including phenoxy) is 1. The highest BCUT2D eigenvalue weighted by Crippen LogP contribution is 2.29. The zero-order valence-electron chi connectivity index (χ0n) is 19.3. The second kappa shape index (κ2) is 12.3. The fourth-order valence-electron chi connectivity index (χ4n) is 3.06. The molecule has 2 aromatic carbocycles. The van der Waals surface area contributed by atoms with Crippen LogP contribution in [0.3, 0.4) is 0 Å². The molecule has 0 aliphatic rings. The number of rotatable bonds is 10. The van der Waals surface area contributed by atoms with Gasteiger partial charge in [-0.1, -0.05) is 63.6 Å². The van der Waals surface area contributed by atoms with Crippen molar-refractivity contribution in [3.63, 3.8) is 0 Å². The quantitative estimate of drug-likeness (QED) is 0.428. The Bertz CT molecular complexity index is 933. The van der Waals surface area contributed by atoms with Gasteiger partial charge in [0, 0.05) is 18.1 Å². The van der Waals surface area contributed by atoms with E-state index in [1.165, 1.54) is 10.5 Å². The second-order valence-corrected chi connectivity index (χ2v) is 9.82. The van der Waals surface area contributed by atoms with Gasteiger partial charge in [0.05, 0.1) is 4.47 Å². The van der Waals surface area contributed by atoms with E-state index in [4.69, 9.17) is 16.3 Å². The van der Waals surface area contributed by atoms with Crippen molar-refractivity contribution in [3.8, 4) is 5.75 Å². The summed E-state index contributed by atoms with van der Waals surface area (Å²) in [4.78, 5) is 27.4. The van der Waals surface area contributed by atoms with Crippen LogP contribution in [0.5, 0.6) is 5.75 Å². The predicted molar refractivity (Wildman–Crippen MR) is 133 cm³/mol. The van der Waals surface area contributed by atoms with Crippen LogP contribution in [0, 0.1) is 5.92 Å². The number of hydrogen-bond donors (Lipinski definition) is 1. The summed E-state index contributed by atoms with van der Waals surface area (Å²) < 4.78 is 6.60. The summed E-state index contributed by atoms with van der Waals surface area (Å²) in [5.74, 6) is 0.780. The predicted octanol–water partition coefficient (Wildman–Crippen LogP) is 5.79. The minimum Gasteiger partial charge on any atom is -0.483 e. The lowest BCUT2D eigenvalue weighted by Gasteiger charge is -2.29. The number of nitrogens with one attached hydrogen (secondary N) is 1. The molecule has 174 valence electrons. The first-order valence-corrected chi connectivity index (χ1v) is 12.0. The highest BCUT2D eigenvalue weighted by molar-refractivity contribution is 9.10. The van der Waals surface area contributed by atoms with E-state index in [-0.39, 0.29) is 25.0 Å². The average molecular weight is 524 g/mol. The van der Waals surface area contributed by atoms with Gasteiger partial charge in [-0.15, -0.1) is 0 Å². The maximum atomic E-state index is 13.2. The van der Waals surface area contributed by atoms with Gasteiger partial charge < -0.3 is 15.0 Å². The molecule has 2 aromatic rings. The minimum atomic E-state index is -0.673. The van der Waals surface area contributed by atoms with Crippen molar-refractivity contribution in [3.05, 3.63) is 63.1 Å². The van der Waals surface area contributed by atoms with E-state index in [0.717, 1.165) is 10.0 Å². The summed E-state index contributed by atoms with van der Waals surface area (Å²) in [6, 6.07) is 12.5. The highest BCUT2D eigenvalue weighted by atomic mass is 79.9. The first-order valence-electron chi connectivity index (χ1n) is 10.8. The first-order chi connectivity index (χ1) is 15.1. The van der Waals surface area contributed by atoms with Crippen LogP contribution >= 0.6 is 27.5 Å². The number of hydrogen-bond acceptors (Lipinski definition) is 3. The lowest BCUT2D eigenvalue weighted by molar-refractivity contribution is -0.142. The smallest absolute Gasteiger partial charge is 0.261 e. The molecular weight excluding hydrogens is 492 g/mol. The number of halogens is 2. The number of carbonyl (C=O) groups is 2. The Kier molecular flexibility index (Phi) is 10.0. The Labute approximate surface area is 204 Å². The number of nitrogens with zero attached hydrogens (tertiary/aromatic N) is 1. The number of amides is 2. The fourth-order valence-corrected chi connectivity index (χ4v) is 3.77. The first kappa shape index (κ1) is 26.2. The third kappa shape index (κ3) is 7.52. The van der Waals surface area contributed by atoms with Crippen molar-refractivity contribution in [1.82, 2.24) is 10.2 Å². The van der Waals surface area contributed by atoms with Gasteiger partial charge in [-0.3, -0.25) is 9.59 Å². The summed E-state index contributed by atoms with van der Waals surface area (Å²) in [6.07, 6.45) is 0. The molecule has 32 heavy (non-hydrogen) atoms. The van der Waals surface area contributed by atoms with Gasteiger partial charge >= 0.3 is 0 Å². The zero-order valence-corrected chi connectivity index (χ0v) is 21.7. The van der Waals surface area contributed by atoms with Gasteiger partial charge in [0.15, 0.2) is 6.61 Å². The molecule has 2 amide bonds. The maximum Gasteiger partial charge on any atom is 0.261 e. The van der Waals surface area contributed by atoms with E-state index in [1.807, 2.05) is 50.2 Å². The normalized spacial score (nSPS) is 12.0. The van der Waals surface area contributed by atoms with Crippen molar-refractivity contribution >= 4 is 39.3 Å². The molecular formula is C25H32BrClN2O3. The number of benzene rings is 2. The molecule has 0 bridgehead atoms. The van der Waals surface area contributed by atoms with E-state index >= 15 is 0 Å². The van der Waals surface area contributed by atoms with Gasteiger partial charge in [-0.05, 0) is 64.0 Å². The third-order valence-electron chi connectivity index (χ3n) is 5.12. The Hall–Kier alpha value is -2.05. The van der Waals surface area contributed by atoms with Crippen LogP contribution in [0.15, 0.2) is 46.9 Å². The van der Waals surface area contributed by atoms with Crippen LogP contribution in [-0.4, -0.2) is 35.9 Å². The van der Waals surface area contributed by atoms with Gasteiger partial charge in [-0.2, -0.15) is 0 Å². The molecule has 0 saturated heterocycles. The topological polar surface area (TPSA) is 58.6 Å². The molecule has 2 rings (SSSR count). The van der Waals surface area contributed by atoms with E-state index in [1.54, 1.807) is 13.0 Å². The summed E-state index contributed by atoms with van der Waals surface area (Å²) in [5, 5.41) is 3.45. The summed E-state index contributed by atoms with van der Waals surface area (Å²) in [7, 11) is 0. The van der Waals surface area contributed by atoms with Gasteiger partial charge in [0.2, 0.25) is 5.91 Å². The SMILES string of the molecule is CC(C)CNC(=O)[C@H](C)N(Cc1ccccc1Cl)C(=O)COc1ccc(C(C)C)cc1Br. The molecule has 0 aliphatic carbocycles. The van der Waals surface area contributed by atoms with Crippen LogP contribution < -0.4 is 10.1 Å². The largest absolute Gasteiger partial charge is 0.483 e. The molecule has 1 N–H and O–H groups in total. The summed E-state index contributed by atoms with van der Waals surface area (Å²) in [6.45, 7) is 10.6. The van der Waals surface area contributed by atoms with Crippen LogP contribution in [0.2, 0.25) is 5.02 Å². The van der Waals surface area contributed by atoms with Crippen molar-refractivity contribution in [2.75, 3.05) is 13.2 Å².